The lowest BCUT2D eigenvalue weighted by Crippen LogP contribution is -2.21. The SMILES string of the molecule is COc1cc(C)c(-c2nc3ccccc3c(=O)n2N=Cc2c(C)n(CC(=O)OC(C)C)c3ccccc23)cc1C(C)C. The number of hydrogen-bond donors (Lipinski definition) is 0. The van der Waals surface area contributed by atoms with Gasteiger partial charge in [0.1, 0.15) is 12.3 Å². The van der Waals surface area contributed by atoms with Crippen molar-refractivity contribution in [3.63, 3.8) is 0 Å². The number of esters is 1. The van der Waals surface area contributed by atoms with E-state index in [1.54, 1.807) is 19.4 Å². The van der Waals surface area contributed by atoms with Gasteiger partial charge in [0, 0.05) is 27.7 Å². The molecule has 0 aliphatic carbocycles. The van der Waals surface area contributed by atoms with E-state index in [0.717, 1.165) is 44.6 Å². The van der Waals surface area contributed by atoms with Gasteiger partial charge in [-0.05, 0) is 75.1 Å². The summed E-state index contributed by atoms with van der Waals surface area (Å²) >= 11 is 0. The Morgan fingerprint density at radius 3 is 2.38 bits per heavy atom. The molecular weight excluding hydrogens is 528 g/mol. The van der Waals surface area contributed by atoms with Crippen LogP contribution >= 0.6 is 0 Å². The van der Waals surface area contributed by atoms with E-state index in [0.29, 0.717) is 16.7 Å². The van der Waals surface area contributed by atoms with Crippen LogP contribution < -0.4 is 10.3 Å². The molecule has 0 amide bonds. The lowest BCUT2D eigenvalue weighted by Gasteiger charge is -2.17. The lowest BCUT2D eigenvalue weighted by atomic mass is 9.96. The quantitative estimate of drug-likeness (QED) is 0.157. The molecule has 2 heterocycles. The van der Waals surface area contributed by atoms with Gasteiger partial charge in [0.05, 0.1) is 30.3 Å². The molecule has 8 heteroatoms. The molecule has 2 aromatic heterocycles. The molecule has 0 N–H and O–H groups in total. The zero-order valence-electron chi connectivity index (χ0n) is 25.1. The van der Waals surface area contributed by atoms with E-state index in [9.17, 15) is 9.59 Å². The number of fused-ring (bicyclic) bond motifs is 2. The summed E-state index contributed by atoms with van der Waals surface area (Å²) in [7, 11) is 1.66. The number of aryl methyl sites for hydroxylation is 1. The first-order valence-electron chi connectivity index (χ1n) is 14.1. The van der Waals surface area contributed by atoms with Gasteiger partial charge in [-0.1, -0.05) is 44.2 Å². The largest absolute Gasteiger partial charge is 0.496 e. The average Bonchev–Trinajstić information content (AvgIpc) is 3.21. The highest BCUT2D eigenvalue weighted by Gasteiger charge is 2.20. The van der Waals surface area contributed by atoms with Gasteiger partial charge in [0.15, 0.2) is 5.82 Å². The average molecular weight is 565 g/mol. The zero-order valence-corrected chi connectivity index (χ0v) is 25.1. The van der Waals surface area contributed by atoms with Crippen molar-refractivity contribution in [2.45, 2.75) is 60.1 Å². The Labute approximate surface area is 245 Å². The second kappa shape index (κ2) is 11.6. The zero-order chi connectivity index (χ0) is 30.1. The second-order valence-electron chi connectivity index (χ2n) is 11.0. The van der Waals surface area contributed by atoms with Crippen molar-refractivity contribution in [1.29, 1.82) is 0 Å². The number of methoxy groups -OCH3 is 1. The first-order valence-corrected chi connectivity index (χ1v) is 14.1. The summed E-state index contributed by atoms with van der Waals surface area (Å²) < 4.78 is 14.4. The minimum Gasteiger partial charge on any atom is -0.496 e. The van der Waals surface area contributed by atoms with E-state index in [2.05, 4.69) is 13.8 Å². The van der Waals surface area contributed by atoms with E-state index in [4.69, 9.17) is 19.6 Å². The molecule has 0 fully saturated rings. The Bertz CT molecular complexity index is 1900. The van der Waals surface area contributed by atoms with Crippen LogP contribution in [0.25, 0.3) is 33.2 Å². The van der Waals surface area contributed by atoms with E-state index in [1.165, 1.54) is 4.68 Å². The van der Waals surface area contributed by atoms with Crippen LogP contribution in [0.2, 0.25) is 0 Å². The smallest absolute Gasteiger partial charge is 0.326 e. The summed E-state index contributed by atoms with van der Waals surface area (Å²) in [6.45, 7) is 11.9. The summed E-state index contributed by atoms with van der Waals surface area (Å²) in [6.07, 6.45) is 1.48. The molecule has 216 valence electrons. The predicted molar refractivity (Wildman–Crippen MR) is 168 cm³/mol. The minimum atomic E-state index is -0.314. The number of hydrogen-bond acceptors (Lipinski definition) is 6. The van der Waals surface area contributed by atoms with Crippen molar-refractivity contribution >= 4 is 34.0 Å². The molecule has 5 aromatic rings. The van der Waals surface area contributed by atoms with Crippen molar-refractivity contribution in [3.05, 3.63) is 93.4 Å². The van der Waals surface area contributed by atoms with Crippen LogP contribution in [0.5, 0.6) is 5.75 Å². The van der Waals surface area contributed by atoms with Crippen LogP contribution in [0.4, 0.5) is 0 Å². The van der Waals surface area contributed by atoms with Crippen LogP contribution in [0.15, 0.2) is 70.6 Å². The molecular formula is C34H36N4O4. The summed E-state index contributed by atoms with van der Waals surface area (Å²) in [5, 5.41) is 6.16. The number of ether oxygens (including phenoxy) is 2. The van der Waals surface area contributed by atoms with Crippen LogP contribution in [-0.4, -0.2) is 39.6 Å². The van der Waals surface area contributed by atoms with Gasteiger partial charge in [0.25, 0.3) is 5.56 Å². The standard InChI is InChI=1S/C34H36N4O4/c1-20(2)26-17-27(22(5)16-31(26)41-7)33-36-29-14-10-8-13-25(29)34(40)38(33)35-18-28-23(6)37(19-32(39)42-21(3)4)30-15-11-9-12-24(28)30/h8-18,20-21H,19H2,1-7H3. The maximum Gasteiger partial charge on any atom is 0.326 e. The first kappa shape index (κ1) is 28.8. The molecule has 0 unspecified atom stereocenters. The maximum absolute atomic E-state index is 13.9. The van der Waals surface area contributed by atoms with Crippen LogP contribution in [-0.2, 0) is 16.1 Å². The number of carbonyl (C=O) groups is 1. The molecule has 0 spiro atoms. The van der Waals surface area contributed by atoms with Gasteiger partial charge in [-0.25, -0.2) is 4.98 Å². The van der Waals surface area contributed by atoms with E-state index >= 15 is 0 Å². The number of rotatable bonds is 8. The molecule has 0 aliphatic heterocycles. The molecule has 0 atom stereocenters. The Morgan fingerprint density at radius 2 is 1.69 bits per heavy atom. The van der Waals surface area contributed by atoms with E-state index in [1.807, 2.05) is 86.9 Å². The minimum absolute atomic E-state index is 0.0735. The number of aromatic nitrogens is 3. The number of para-hydroxylation sites is 2. The summed E-state index contributed by atoms with van der Waals surface area (Å²) in [4.78, 5) is 31.4. The Balaban J connectivity index is 1.72. The Morgan fingerprint density at radius 1 is 1.00 bits per heavy atom. The number of benzene rings is 3. The van der Waals surface area contributed by atoms with Crippen molar-refractivity contribution in [2.24, 2.45) is 5.10 Å². The highest BCUT2D eigenvalue weighted by molar-refractivity contribution is 6.01. The molecule has 3 aromatic carbocycles. The molecule has 0 bridgehead atoms. The summed E-state index contributed by atoms with van der Waals surface area (Å²) in [6, 6.07) is 19.1. The molecule has 0 saturated heterocycles. The molecule has 8 nitrogen and oxygen atoms in total. The lowest BCUT2D eigenvalue weighted by molar-refractivity contribution is -0.148. The Hall–Kier alpha value is -4.72. The number of carbonyl (C=O) groups excluding carboxylic acids is 1. The van der Waals surface area contributed by atoms with Gasteiger partial charge >= 0.3 is 5.97 Å². The van der Waals surface area contributed by atoms with Crippen LogP contribution in [0.3, 0.4) is 0 Å². The fraction of sp³-hybridized carbons (Fsp3) is 0.294. The highest BCUT2D eigenvalue weighted by Crippen LogP contribution is 2.34. The van der Waals surface area contributed by atoms with Crippen molar-refractivity contribution < 1.29 is 14.3 Å². The fourth-order valence-electron chi connectivity index (χ4n) is 5.34. The van der Waals surface area contributed by atoms with Gasteiger partial charge < -0.3 is 14.0 Å². The van der Waals surface area contributed by atoms with Gasteiger partial charge in [-0.2, -0.15) is 9.78 Å². The third-order valence-electron chi connectivity index (χ3n) is 7.43. The van der Waals surface area contributed by atoms with E-state index < -0.39 is 0 Å². The molecule has 42 heavy (non-hydrogen) atoms. The van der Waals surface area contributed by atoms with E-state index in [-0.39, 0.29) is 30.1 Å². The maximum atomic E-state index is 13.9. The van der Waals surface area contributed by atoms with Gasteiger partial charge in [0.2, 0.25) is 0 Å². The predicted octanol–water partition coefficient (Wildman–Crippen LogP) is 6.60. The van der Waals surface area contributed by atoms with Gasteiger partial charge in [-0.3, -0.25) is 9.59 Å². The van der Waals surface area contributed by atoms with Crippen molar-refractivity contribution in [3.8, 4) is 17.1 Å². The normalized spacial score (nSPS) is 11.8. The number of nitrogens with zero attached hydrogens (tertiary/aromatic N) is 4. The van der Waals surface area contributed by atoms with Crippen LogP contribution in [0, 0.1) is 13.8 Å². The second-order valence-corrected chi connectivity index (χ2v) is 11.0. The highest BCUT2D eigenvalue weighted by atomic mass is 16.5. The van der Waals surface area contributed by atoms with Crippen molar-refractivity contribution in [2.75, 3.05) is 7.11 Å². The molecule has 0 saturated carbocycles. The van der Waals surface area contributed by atoms with Gasteiger partial charge in [-0.15, -0.1) is 0 Å². The van der Waals surface area contributed by atoms with Crippen LogP contribution in [0.1, 0.15) is 56.0 Å². The fourth-order valence-corrected chi connectivity index (χ4v) is 5.34. The summed E-state index contributed by atoms with van der Waals surface area (Å²) in [5.74, 6) is 1.12. The third-order valence-corrected chi connectivity index (χ3v) is 7.43. The van der Waals surface area contributed by atoms with Crippen molar-refractivity contribution in [1.82, 2.24) is 14.2 Å². The molecule has 5 rings (SSSR count). The monoisotopic (exact) mass is 564 g/mol. The third kappa shape index (κ3) is 5.32. The topological polar surface area (TPSA) is 87.7 Å². The Kier molecular flexibility index (Phi) is 7.98. The summed E-state index contributed by atoms with van der Waals surface area (Å²) in [5.41, 5.74) is 5.60. The molecule has 0 aliphatic rings. The molecule has 0 radical (unpaired) electrons. The first-order chi connectivity index (χ1) is 20.1.